The van der Waals surface area contributed by atoms with Gasteiger partial charge in [-0.15, -0.1) is 0 Å². The van der Waals surface area contributed by atoms with Crippen molar-refractivity contribution in [1.29, 1.82) is 0 Å². The highest BCUT2D eigenvalue weighted by Gasteiger charge is 2.25. The van der Waals surface area contributed by atoms with E-state index in [0.717, 1.165) is 43.0 Å². The van der Waals surface area contributed by atoms with Gasteiger partial charge in [0, 0.05) is 5.56 Å². The minimum atomic E-state index is 0.469. The fraction of sp³-hybridized carbons (Fsp3) is 0.700. The van der Waals surface area contributed by atoms with E-state index in [0.29, 0.717) is 19.3 Å². The van der Waals surface area contributed by atoms with E-state index in [9.17, 15) is 0 Å². The second-order valence-electron chi connectivity index (χ2n) is 4.23. The topological polar surface area (TPSA) is 65.1 Å². The summed E-state index contributed by atoms with van der Waals surface area (Å²) in [5.74, 6) is 0.814. The highest BCUT2D eigenvalue weighted by molar-refractivity contribution is 5.44. The number of anilines is 1. The predicted octanol–water partition coefficient (Wildman–Crippen LogP) is 0.420. The van der Waals surface area contributed by atoms with Gasteiger partial charge in [0.1, 0.15) is 5.82 Å². The first-order valence-electron chi connectivity index (χ1n) is 5.50. The lowest BCUT2D eigenvalue weighted by Gasteiger charge is -2.24. The first kappa shape index (κ1) is 9.18. The molecule has 0 atom stereocenters. The molecule has 5 nitrogen and oxygen atoms in total. The van der Waals surface area contributed by atoms with E-state index in [-0.39, 0.29) is 0 Å². The molecule has 0 aromatic carbocycles. The van der Waals surface area contributed by atoms with Gasteiger partial charge >= 0.3 is 0 Å². The lowest BCUT2D eigenvalue weighted by molar-refractivity contribution is 0.130. The van der Waals surface area contributed by atoms with E-state index in [1.807, 2.05) is 4.68 Å². The Morgan fingerprint density at radius 3 is 2.87 bits per heavy atom. The van der Waals surface area contributed by atoms with Gasteiger partial charge in [-0.3, -0.25) is 0 Å². The van der Waals surface area contributed by atoms with Gasteiger partial charge < -0.3 is 15.8 Å². The molecule has 2 aliphatic rings. The zero-order valence-electron chi connectivity index (χ0n) is 8.70. The maximum Gasteiger partial charge on any atom is 0.127 e. The Labute approximate surface area is 88.6 Å². The van der Waals surface area contributed by atoms with Crippen molar-refractivity contribution in [3.8, 4) is 0 Å². The van der Waals surface area contributed by atoms with Gasteiger partial charge in [-0.25, -0.2) is 4.68 Å². The highest BCUT2D eigenvalue weighted by Crippen LogP contribution is 2.29. The van der Waals surface area contributed by atoms with Crippen LogP contribution in [0, 0.1) is 0 Å². The van der Waals surface area contributed by atoms with Crippen LogP contribution < -0.4 is 11.1 Å². The molecule has 1 saturated heterocycles. The minimum absolute atomic E-state index is 0.469. The Morgan fingerprint density at radius 1 is 1.33 bits per heavy atom. The number of nitrogens with zero attached hydrogens (tertiary/aromatic N) is 2. The smallest absolute Gasteiger partial charge is 0.127 e. The van der Waals surface area contributed by atoms with Gasteiger partial charge in [-0.05, 0) is 25.9 Å². The lowest BCUT2D eigenvalue weighted by atomic mass is 10.1. The molecule has 0 radical (unpaired) electrons. The Morgan fingerprint density at radius 2 is 2.13 bits per heavy atom. The number of aromatic nitrogens is 2. The van der Waals surface area contributed by atoms with Crippen LogP contribution >= 0.6 is 0 Å². The molecule has 2 aliphatic heterocycles. The fourth-order valence-corrected chi connectivity index (χ4v) is 2.38. The maximum absolute atomic E-state index is 6.09. The van der Waals surface area contributed by atoms with Crippen molar-refractivity contribution < 1.29 is 4.74 Å². The van der Waals surface area contributed by atoms with Crippen LogP contribution in [0.3, 0.4) is 0 Å². The molecular weight excluding hydrogens is 192 g/mol. The molecule has 0 amide bonds. The van der Waals surface area contributed by atoms with Crippen molar-refractivity contribution in [2.45, 2.75) is 32.1 Å². The molecule has 0 unspecified atom stereocenters. The summed E-state index contributed by atoms with van der Waals surface area (Å²) in [7, 11) is 0. The van der Waals surface area contributed by atoms with Gasteiger partial charge in [-0.2, -0.15) is 5.10 Å². The van der Waals surface area contributed by atoms with Gasteiger partial charge in [0.15, 0.2) is 0 Å². The zero-order valence-corrected chi connectivity index (χ0v) is 8.70. The molecule has 3 rings (SSSR count). The van der Waals surface area contributed by atoms with Crippen LogP contribution in [0.15, 0.2) is 0 Å². The number of nitrogens with two attached hydrogens (primary N) is 1. The highest BCUT2D eigenvalue weighted by atomic mass is 16.5. The molecule has 0 spiro atoms. The van der Waals surface area contributed by atoms with Crippen LogP contribution in [0.4, 0.5) is 5.82 Å². The van der Waals surface area contributed by atoms with Crippen molar-refractivity contribution in [3.63, 3.8) is 0 Å². The van der Waals surface area contributed by atoms with Crippen molar-refractivity contribution in [3.05, 3.63) is 11.3 Å². The average Bonchev–Trinajstić information content (AvgIpc) is 2.83. The fourth-order valence-electron chi connectivity index (χ4n) is 2.38. The Kier molecular flexibility index (Phi) is 2.14. The Balaban J connectivity index is 1.91. The average molecular weight is 208 g/mol. The number of piperidine rings is 1. The molecule has 1 fully saturated rings. The second-order valence-corrected chi connectivity index (χ2v) is 4.23. The van der Waals surface area contributed by atoms with E-state index in [1.54, 1.807) is 0 Å². The summed E-state index contributed by atoms with van der Waals surface area (Å²) < 4.78 is 7.32. The van der Waals surface area contributed by atoms with Crippen LogP contribution in [-0.2, 0) is 18.0 Å². The molecule has 0 bridgehead atoms. The van der Waals surface area contributed by atoms with Crippen molar-refractivity contribution in [1.82, 2.24) is 15.1 Å². The van der Waals surface area contributed by atoms with Crippen LogP contribution in [0.1, 0.15) is 30.1 Å². The predicted molar refractivity (Wildman–Crippen MR) is 56.3 cm³/mol. The lowest BCUT2D eigenvalue weighted by Crippen LogP contribution is -2.30. The molecule has 0 saturated carbocycles. The van der Waals surface area contributed by atoms with Crippen LogP contribution in [0.25, 0.3) is 0 Å². The molecule has 3 heterocycles. The molecular formula is C10H16N4O. The zero-order chi connectivity index (χ0) is 10.3. The third-order valence-electron chi connectivity index (χ3n) is 3.27. The first-order chi connectivity index (χ1) is 7.36. The van der Waals surface area contributed by atoms with E-state index in [4.69, 9.17) is 10.5 Å². The number of nitrogens with one attached hydrogen (secondary N) is 1. The largest absolute Gasteiger partial charge is 0.384 e. The Hall–Kier alpha value is -1.07. The monoisotopic (exact) mass is 208 g/mol. The van der Waals surface area contributed by atoms with Gasteiger partial charge in [0.25, 0.3) is 0 Å². The van der Waals surface area contributed by atoms with Gasteiger partial charge in [-0.1, -0.05) is 0 Å². The van der Waals surface area contributed by atoms with Crippen molar-refractivity contribution in [2.24, 2.45) is 0 Å². The van der Waals surface area contributed by atoms with Crippen LogP contribution in [0.2, 0.25) is 0 Å². The SMILES string of the molecule is Nc1c2c(nn1C1CCNCC1)COC2. The number of nitrogen functional groups attached to an aromatic ring is 1. The quantitative estimate of drug-likeness (QED) is 0.702. The second kappa shape index (κ2) is 3.50. The minimum Gasteiger partial charge on any atom is -0.384 e. The molecule has 1 aromatic heterocycles. The molecule has 82 valence electrons. The standard InChI is InChI=1S/C10H16N4O/c11-10-8-5-15-6-9(8)13-14(10)7-1-3-12-4-2-7/h7,12H,1-6,11H2. The summed E-state index contributed by atoms with van der Waals surface area (Å²) in [5.41, 5.74) is 8.22. The third-order valence-corrected chi connectivity index (χ3v) is 3.27. The van der Waals surface area contributed by atoms with Gasteiger partial charge in [0.05, 0.1) is 24.9 Å². The molecule has 3 N–H and O–H groups in total. The van der Waals surface area contributed by atoms with E-state index in [2.05, 4.69) is 10.4 Å². The number of hydrogen-bond acceptors (Lipinski definition) is 4. The first-order valence-corrected chi connectivity index (χ1v) is 5.50. The van der Waals surface area contributed by atoms with E-state index >= 15 is 0 Å². The third kappa shape index (κ3) is 1.42. The molecule has 1 aromatic rings. The Bertz CT molecular complexity index is 368. The summed E-state index contributed by atoms with van der Waals surface area (Å²) >= 11 is 0. The number of ether oxygens (including phenoxy) is 1. The van der Waals surface area contributed by atoms with Gasteiger partial charge in [0.2, 0.25) is 0 Å². The van der Waals surface area contributed by atoms with Crippen LogP contribution in [-0.4, -0.2) is 22.9 Å². The molecule has 15 heavy (non-hydrogen) atoms. The maximum atomic E-state index is 6.09. The molecule has 5 heteroatoms. The number of rotatable bonds is 1. The van der Waals surface area contributed by atoms with E-state index in [1.165, 1.54) is 0 Å². The van der Waals surface area contributed by atoms with E-state index < -0.39 is 0 Å². The normalized spacial score (nSPS) is 21.9. The van der Waals surface area contributed by atoms with Crippen LogP contribution in [0.5, 0.6) is 0 Å². The van der Waals surface area contributed by atoms with Crippen molar-refractivity contribution in [2.75, 3.05) is 18.8 Å². The number of fused-ring (bicyclic) bond motifs is 1. The summed E-state index contributed by atoms with van der Waals surface area (Å²) in [6.07, 6.45) is 2.23. The molecule has 0 aliphatic carbocycles. The van der Waals surface area contributed by atoms with Crippen molar-refractivity contribution >= 4 is 5.82 Å². The summed E-state index contributed by atoms with van der Waals surface area (Å²) in [6, 6.07) is 0.469. The number of hydrogen-bond donors (Lipinski definition) is 2. The summed E-state index contributed by atoms with van der Waals surface area (Å²) in [6.45, 7) is 3.37. The summed E-state index contributed by atoms with van der Waals surface area (Å²) in [4.78, 5) is 0. The summed E-state index contributed by atoms with van der Waals surface area (Å²) in [5, 5.41) is 7.90.